The first-order valence-corrected chi connectivity index (χ1v) is 8.76. The lowest BCUT2D eigenvalue weighted by Crippen LogP contribution is -2.44. The van der Waals surface area contributed by atoms with E-state index >= 15 is 0 Å². The van der Waals surface area contributed by atoms with E-state index in [4.69, 9.17) is 4.74 Å². The lowest BCUT2D eigenvalue weighted by Gasteiger charge is -2.26. The largest absolute Gasteiger partial charge is 0.376 e. The molecule has 17 heavy (non-hydrogen) atoms. The number of methoxy groups -OCH3 is 1. The van der Waals surface area contributed by atoms with Crippen LogP contribution in [0.2, 0.25) is 0 Å². The van der Waals surface area contributed by atoms with E-state index in [9.17, 15) is 8.42 Å². The molecule has 2 heterocycles. The standard InChI is InChI=1S/C10H15NO3S3/c1-14-10(4-6-15-8-10)7-11-17(12,13)9-3-2-5-16-9/h2-3,5,11H,4,6-8H2,1H3/t10-/m1/s1. The summed E-state index contributed by atoms with van der Waals surface area (Å²) in [4.78, 5) is 0. The maximum atomic E-state index is 11.9. The van der Waals surface area contributed by atoms with Crippen LogP contribution in [0.15, 0.2) is 21.7 Å². The van der Waals surface area contributed by atoms with Gasteiger partial charge in [0.15, 0.2) is 0 Å². The third-order valence-electron chi connectivity index (χ3n) is 2.84. The minimum Gasteiger partial charge on any atom is -0.376 e. The summed E-state index contributed by atoms with van der Waals surface area (Å²) in [6, 6.07) is 3.34. The summed E-state index contributed by atoms with van der Waals surface area (Å²) >= 11 is 3.02. The number of thiophene rings is 1. The molecule has 7 heteroatoms. The summed E-state index contributed by atoms with van der Waals surface area (Å²) in [5, 5.41) is 1.76. The fourth-order valence-corrected chi connectivity index (χ4v) is 5.22. The summed E-state index contributed by atoms with van der Waals surface area (Å²) in [6.07, 6.45) is 0.890. The molecule has 0 saturated carbocycles. The summed E-state index contributed by atoms with van der Waals surface area (Å²) in [7, 11) is -1.73. The predicted molar refractivity (Wildman–Crippen MR) is 71.2 cm³/mol. The van der Waals surface area contributed by atoms with Gasteiger partial charge in [0.25, 0.3) is 0 Å². The van der Waals surface area contributed by atoms with Gasteiger partial charge in [-0.15, -0.1) is 11.3 Å². The van der Waals surface area contributed by atoms with Crippen molar-refractivity contribution in [1.82, 2.24) is 4.72 Å². The summed E-state index contributed by atoms with van der Waals surface area (Å²) in [5.41, 5.74) is -0.338. The molecule has 0 unspecified atom stereocenters. The molecular weight excluding hydrogens is 278 g/mol. The molecule has 0 radical (unpaired) electrons. The van der Waals surface area contributed by atoms with E-state index in [1.807, 2.05) is 0 Å². The van der Waals surface area contributed by atoms with E-state index in [2.05, 4.69) is 4.72 Å². The zero-order chi connectivity index (χ0) is 12.4. The van der Waals surface area contributed by atoms with Crippen molar-refractivity contribution in [2.45, 2.75) is 16.2 Å². The van der Waals surface area contributed by atoms with Crippen LogP contribution in [0.5, 0.6) is 0 Å². The number of rotatable bonds is 5. The monoisotopic (exact) mass is 293 g/mol. The molecule has 1 aromatic heterocycles. The molecule has 1 aliphatic heterocycles. The van der Waals surface area contributed by atoms with E-state index in [0.29, 0.717) is 10.8 Å². The zero-order valence-corrected chi connectivity index (χ0v) is 12.0. The van der Waals surface area contributed by atoms with Gasteiger partial charge in [0.05, 0.1) is 5.60 Å². The SMILES string of the molecule is CO[C@@]1(CNS(=O)(=O)c2cccs2)CCSC1. The number of nitrogens with one attached hydrogen (secondary N) is 1. The predicted octanol–water partition coefficient (Wildman–Crippen LogP) is 1.55. The second-order valence-electron chi connectivity index (χ2n) is 3.95. The molecule has 0 bridgehead atoms. The highest BCUT2D eigenvalue weighted by molar-refractivity contribution is 7.99. The van der Waals surface area contributed by atoms with Gasteiger partial charge in [0.1, 0.15) is 4.21 Å². The molecule has 0 amide bonds. The quantitative estimate of drug-likeness (QED) is 0.895. The second kappa shape index (κ2) is 5.27. The Labute approximate surface area is 110 Å². The van der Waals surface area contributed by atoms with E-state index in [1.54, 1.807) is 36.4 Å². The average molecular weight is 293 g/mol. The van der Waals surface area contributed by atoms with Crippen LogP contribution in [0.4, 0.5) is 0 Å². The molecule has 4 nitrogen and oxygen atoms in total. The molecule has 1 atom stereocenters. The highest BCUT2D eigenvalue weighted by atomic mass is 32.2. The molecule has 0 spiro atoms. The van der Waals surface area contributed by atoms with Gasteiger partial charge in [-0.25, -0.2) is 13.1 Å². The molecule has 1 fully saturated rings. The number of hydrogen-bond donors (Lipinski definition) is 1. The van der Waals surface area contributed by atoms with Crippen LogP contribution in [-0.2, 0) is 14.8 Å². The van der Waals surface area contributed by atoms with Gasteiger partial charge in [-0.1, -0.05) is 6.07 Å². The van der Waals surface area contributed by atoms with Crippen LogP contribution in [0.3, 0.4) is 0 Å². The van der Waals surface area contributed by atoms with Gasteiger partial charge in [0.2, 0.25) is 10.0 Å². The van der Waals surface area contributed by atoms with Crippen LogP contribution >= 0.6 is 23.1 Å². The lowest BCUT2D eigenvalue weighted by atomic mass is 10.0. The maximum absolute atomic E-state index is 11.9. The number of thioether (sulfide) groups is 1. The third-order valence-corrected chi connectivity index (χ3v) is 6.87. The number of hydrogen-bond acceptors (Lipinski definition) is 5. The Hall–Kier alpha value is -0.0800. The second-order valence-corrected chi connectivity index (χ2v) is 7.99. The highest BCUT2D eigenvalue weighted by Crippen LogP contribution is 2.30. The van der Waals surface area contributed by atoms with Crippen LogP contribution in [0.25, 0.3) is 0 Å². The van der Waals surface area contributed by atoms with E-state index in [1.165, 1.54) is 11.3 Å². The first-order valence-electron chi connectivity index (χ1n) is 5.24. The van der Waals surface area contributed by atoms with Gasteiger partial charge >= 0.3 is 0 Å². The van der Waals surface area contributed by atoms with Crippen LogP contribution in [0.1, 0.15) is 6.42 Å². The smallest absolute Gasteiger partial charge is 0.250 e. The van der Waals surface area contributed by atoms with Gasteiger partial charge in [-0.2, -0.15) is 11.8 Å². The maximum Gasteiger partial charge on any atom is 0.250 e. The molecule has 0 aromatic carbocycles. The molecule has 1 aliphatic rings. The van der Waals surface area contributed by atoms with Gasteiger partial charge in [-0.3, -0.25) is 0 Å². The van der Waals surface area contributed by atoms with Crippen molar-refractivity contribution in [1.29, 1.82) is 0 Å². The van der Waals surface area contributed by atoms with Crippen LogP contribution in [0, 0.1) is 0 Å². The Bertz CT molecular complexity index is 449. The Balaban J connectivity index is 2.02. The topological polar surface area (TPSA) is 55.4 Å². The van der Waals surface area contributed by atoms with E-state index in [-0.39, 0.29) is 5.60 Å². The Morgan fingerprint density at radius 1 is 1.59 bits per heavy atom. The summed E-state index contributed by atoms with van der Waals surface area (Å²) in [5.74, 6) is 1.87. The number of ether oxygens (including phenoxy) is 1. The van der Waals surface area contributed by atoms with Crippen molar-refractivity contribution in [3.8, 4) is 0 Å². The molecule has 1 aromatic rings. The first-order chi connectivity index (χ1) is 8.08. The van der Waals surface area contributed by atoms with E-state index < -0.39 is 10.0 Å². The normalized spacial score (nSPS) is 25.2. The first kappa shape index (κ1) is 13.4. The zero-order valence-electron chi connectivity index (χ0n) is 9.51. The Morgan fingerprint density at radius 2 is 2.41 bits per heavy atom. The van der Waals surface area contributed by atoms with Crippen molar-refractivity contribution in [3.05, 3.63) is 17.5 Å². The van der Waals surface area contributed by atoms with Crippen molar-refractivity contribution in [3.63, 3.8) is 0 Å². The molecule has 2 rings (SSSR count). The minimum absolute atomic E-state index is 0.338. The molecule has 0 aliphatic carbocycles. The Morgan fingerprint density at radius 3 is 2.94 bits per heavy atom. The van der Waals surface area contributed by atoms with Gasteiger partial charge in [-0.05, 0) is 23.6 Å². The van der Waals surface area contributed by atoms with E-state index in [0.717, 1.165) is 17.9 Å². The van der Waals surface area contributed by atoms with Crippen LogP contribution in [-0.4, -0.2) is 39.2 Å². The average Bonchev–Trinajstić information content (AvgIpc) is 2.99. The fraction of sp³-hybridized carbons (Fsp3) is 0.600. The van der Waals surface area contributed by atoms with Crippen molar-refractivity contribution >= 4 is 33.1 Å². The van der Waals surface area contributed by atoms with Gasteiger partial charge in [0, 0.05) is 19.4 Å². The molecule has 96 valence electrons. The highest BCUT2D eigenvalue weighted by Gasteiger charge is 2.35. The summed E-state index contributed by atoms with van der Waals surface area (Å²) < 4.78 is 32.4. The van der Waals surface area contributed by atoms with Crippen molar-refractivity contribution < 1.29 is 13.2 Å². The molecular formula is C10H15NO3S3. The van der Waals surface area contributed by atoms with Crippen LogP contribution < -0.4 is 4.72 Å². The minimum atomic E-state index is -3.37. The fourth-order valence-electron chi connectivity index (χ4n) is 1.68. The molecule has 1 saturated heterocycles. The lowest BCUT2D eigenvalue weighted by molar-refractivity contribution is 0.0179. The van der Waals surface area contributed by atoms with Crippen molar-refractivity contribution in [2.75, 3.05) is 25.2 Å². The van der Waals surface area contributed by atoms with Gasteiger partial charge < -0.3 is 4.74 Å². The molecule has 1 N–H and O–H groups in total. The third kappa shape index (κ3) is 3.03. The number of sulfonamides is 1. The van der Waals surface area contributed by atoms with Crippen molar-refractivity contribution in [2.24, 2.45) is 0 Å². The summed E-state index contributed by atoms with van der Waals surface area (Å²) in [6.45, 7) is 0.344. The Kier molecular flexibility index (Phi) is 4.14.